The van der Waals surface area contributed by atoms with Crippen LogP contribution in [-0.2, 0) is 19.4 Å². The summed E-state index contributed by atoms with van der Waals surface area (Å²) < 4.78 is 2.25. The normalized spacial score (nSPS) is 11.3. The number of rotatable bonds is 5. The summed E-state index contributed by atoms with van der Waals surface area (Å²) in [6.45, 7) is 0.829. The number of benzene rings is 1. The van der Waals surface area contributed by atoms with Crippen LogP contribution in [0.4, 0.5) is 0 Å². The fourth-order valence-electron chi connectivity index (χ4n) is 2.73. The van der Waals surface area contributed by atoms with Crippen LogP contribution in [0.3, 0.4) is 0 Å². The second-order valence-electron chi connectivity index (χ2n) is 5.18. The van der Waals surface area contributed by atoms with Crippen molar-refractivity contribution < 1.29 is 0 Å². The molecule has 3 aromatic heterocycles. The van der Waals surface area contributed by atoms with E-state index in [9.17, 15) is 0 Å². The molecule has 0 bridgehead atoms. The third kappa shape index (κ3) is 2.37. The molecule has 0 aliphatic heterocycles. The first kappa shape index (κ1) is 12.8. The zero-order valence-electron chi connectivity index (χ0n) is 11.9. The Kier molecular flexibility index (Phi) is 3.15. The van der Waals surface area contributed by atoms with Crippen molar-refractivity contribution in [1.82, 2.24) is 35.2 Å². The molecule has 110 valence electrons. The highest BCUT2D eigenvalue weighted by molar-refractivity contribution is 5.84. The number of nitrogens with one attached hydrogen (secondary N) is 2. The summed E-state index contributed by atoms with van der Waals surface area (Å²) in [7, 11) is 0. The molecule has 7 heteroatoms. The molecule has 22 heavy (non-hydrogen) atoms. The first-order chi connectivity index (χ1) is 10.9. The lowest BCUT2D eigenvalue weighted by atomic mass is 10.1. The summed E-state index contributed by atoms with van der Waals surface area (Å²) in [6.07, 6.45) is 7.39. The van der Waals surface area contributed by atoms with Crippen LogP contribution in [0.2, 0.25) is 0 Å². The van der Waals surface area contributed by atoms with Gasteiger partial charge in [0.05, 0.1) is 0 Å². The van der Waals surface area contributed by atoms with Gasteiger partial charge in [-0.1, -0.05) is 18.2 Å². The van der Waals surface area contributed by atoms with Crippen LogP contribution in [0.1, 0.15) is 17.2 Å². The summed E-state index contributed by atoms with van der Waals surface area (Å²) in [4.78, 5) is 7.48. The Balaban J connectivity index is 1.66. The highest BCUT2D eigenvalue weighted by Gasteiger charge is 2.10. The predicted molar refractivity (Wildman–Crippen MR) is 81.2 cm³/mol. The number of nitrogens with zero attached hydrogens (tertiary/aromatic N) is 5. The van der Waals surface area contributed by atoms with Crippen molar-refractivity contribution in [2.75, 3.05) is 0 Å². The zero-order valence-corrected chi connectivity index (χ0v) is 11.9. The zero-order chi connectivity index (χ0) is 14.8. The number of imidazole rings is 1. The molecule has 4 aromatic rings. The van der Waals surface area contributed by atoms with Gasteiger partial charge in [0.15, 0.2) is 0 Å². The number of aromatic nitrogens is 7. The van der Waals surface area contributed by atoms with Gasteiger partial charge >= 0.3 is 0 Å². The molecule has 2 N–H and O–H groups in total. The number of aryl methyl sites for hydroxylation is 2. The van der Waals surface area contributed by atoms with Gasteiger partial charge in [-0.25, -0.2) is 10.1 Å². The van der Waals surface area contributed by atoms with E-state index in [2.05, 4.69) is 65.6 Å². The summed E-state index contributed by atoms with van der Waals surface area (Å²) in [5.41, 5.74) is 2.48. The maximum atomic E-state index is 4.32. The van der Waals surface area contributed by atoms with E-state index in [1.165, 1.54) is 16.5 Å². The summed E-state index contributed by atoms with van der Waals surface area (Å²) in [5.74, 6) is 1.77. The topological polar surface area (TPSA) is 88.1 Å². The Morgan fingerprint density at radius 3 is 2.91 bits per heavy atom. The Bertz CT molecular complexity index is 859. The number of fused-ring (bicyclic) bond motifs is 1. The molecule has 0 aliphatic rings. The lowest BCUT2D eigenvalue weighted by Crippen LogP contribution is -2.01. The highest BCUT2D eigenvalue weighted by Crippen LogP contribution is 2.23. The molecule has 0 atom stereocenters. The van der Waals surface area contributed by atoms with Gasteiger partial charge in [0.1, 0.15) is 11.6 Å². The van der Waals surface area contributed by atoms with Crippen molar-refractivity contribution in [2.45, 2.75) is 19.4 Å². The predicted octanol–water partition coefficient (Wildman–Crippen LogP) is 1.71. The van der Waals surface area contributed by atoms with Crippen molar-refractivity contribution in [3.05, 3.63) is 60.1 Å². The maximum Gasteiger partial charge on any atom is 0.150 e. The standard InChI is InChI=1S/C15H15N7/c1-2-4-13-12(3-1)11(9-15-16-6-7-17-15)10-22(13)8-5-14-18-20-21-19-14/h1-4,6-7,10H,5,8-9H2,(H,16,17)(H,18,19,20,21). The average molecular weight is 293 g/mol. The molecule has 0 aliphatic carbocycles. The smallest absolute Gasteiger partial charge is 0.150 e. The lowest BCUT2D eigenvalue weighted by Gasteiger charge is -2.02. The van der Waals surface area contributed by atoms with Crippen LogP contribution in [0, 0.1) is 0 Å². The molecule has 4 rings (SSSR count). The number of aromatic amines is 2. The van der Waals surface area contributed by atoms with Crippen molar-refractivity contribution in [1.29, 1.82) is 0 Å². The largest absolute Gasteiger partial charge is 0.348 e. The third-order valence-electron chi connectivity index (χ3n) is 3.76. The summed E-state index contributed by atoms with van der Waals surface area (Å²) in [5, 5.41) is 15.2. The molecule has 0 unspecified atom stereocenters. The van der Waals surface area contributed by atoms with Crippen LogP contribution in [-0.4, -0.2) is 35.2 Å². The SMILES string of the molecule is c1ccc2c(c1)c(Cc1ncc[nH]1)cn2CCc1nnn[nH]1. The van der Waals surface area contributed by atoms with Crippen molar-refractivity contribution >= 4 is 10.9 Å². The lowest BCUT2D eigenvalue weighted by molar-refractivity contribution is 0.692. The molecular weight excluding hydrogens is 278 g/mol. The third-order valence-corrected chi connectivity index (χ3v) is 3.76. The fourth-order valence-corrected chi connectivity index (χ4v) is 2.73. The molecule has 1 aromatic carbocycles. The van der Waals surface area contributed by atoms with E-state index in [4.69, 9.17) is 0 Å². The Hall–Kier alpha value is -2.96. The van der Waals surface area contributed by atoms with Crippen molar-refractivity contribution in [2.24, 2.45) is 0 Å². The first-order valence-corrected chi connectivity index (χ1v) is 7.18. The van der Waals surface area contributed by atoms with Gasteiger partial charge in [0.2, 0.25) is 0 Å². The minimum absolute atomic E-state index is 0.770. The van der Waals surface area contributed by atoms with Crippen LogP contribution >= 0.6 is 0 Å². The van der Waals surface area contributed by atoms with Crippen molar-refractivity contribution in [3.8, 4) is 0 Å². The first-order valence-electron chi connectivity index (χ1n) is 7.18. The Morgan fingerprint density at radius 1 is 1.14 bits per heavy atom. The van der Waals surface area contributed by atoms with Gasteiger partial charge in [0.25, 0.3) is 0 Å². The molecular formula is C15H15N7. The molecule has 0 radical (unpaired) electrons. The number of hydrogen-bond acceptors (Lipinski definition) is 4. The van der Waals surface area contributed by atoms with Gasteiger partial charge in [-0.2, -0.15) is 0 Å². The molecule has 7 nitrogen and oxygen atoms in total. The molecule has 0 spiro atoms. The van der Waals surface area contributed by atoms with Crippen LogP contribution in [0.15, 0.2) is 42.9 Å². The van der Waals surface area contributed by atoms with E-state index in [0.29, 0.717) is 0 Å². The highest BCUT2D eigenvalue weighted by atomic mass is 15.5. The van der Waals surface area contributed by atoms with Gasteiger partial charge in [-0.3, -0.25) is 0 Å². The number of tetrazole rings is 1. The number of hydrogen-bond donors (Lipinski definition) is 2. The second kappa shape index (κ2) is 5.44. The van der Waals surface area contributed by atoms with E-state index in [1.807, 2.05) is 6.20 Å². The minimum Gasteiger partial charge on any atom is -0.348 e. The van der Waals surface area contributed by atoms with E-state index in [1.54, 1.807) is 6.20 Å². The summed E-state index contributed by atoms with van der Waals surface area (Å²) in [6, 6.07) is 8.42. The van der Waals surface area contributed by atoms with Gasteiger partial charge in [-0.05, 0) is 22.1 Å². The fraction of sp³-hybridized carbons (Fsp3) is 0.200. The average Bonchev–Trinajstić information content (AvgIpc) is 3.27. The van der Waals surface area contributed by atoms with E-state index in [-0.39, 0.29) is 0 Å². The number of para-hydroxylation sites is 1. The van der Waals surface area contributed by atoms with Gasteiger partial charge < -0.3 is 9.55 Å². The van der Waals surface area contributed by atoms with Crippen LogP contribution < -0.4 is 0 Å². The molecule has 3 heterocycles. The second-order valence-corrected chi connectivity index (χ2v) is 5.18. The quantitative estimate of drug-likeness (QED) is 0.586. The number of H-pyrrole nitrogens is 2. The Labute approximate surface area is 126 Å². The molecule has 0 saturated heterocycles. The van der Waals surface area contributed by atoms with Gasteiger partial charge in [0, 0.05) is 48.9 Å². The van der Waals surface area contributed by atoms with Gasteiger partial charge in [-0.15, -0.1) is 5.10 Å². The van der Waals surface area contributed by atoms with E-state index >= 15 is 0 Å². The monoisotopic (exact) mass is 293 g/mol. The van der Waals surface area contributed by atoms with E-state index < -0.39 is 0 Å². The van der Waals surface area contributed by atoms with Crippen LogP contribution in [0.5, 0.6) is 0 Å². The maximum absolute atomic E-state index is 4.32. The Morgan fingerprint density at radius 2 is 2.09 bits per heavy atom. The molecule has 0 fully saturated rings. The molecule has 0 amide bonds. The molecule has 0 saturated carbocycles. The van der Waals surface area contributed by atoms with Crippen LogP contribution in [0.25, 0.3) is 10.9 Å². The van der Waals surface area contributed by atoms with E-state index in [0.717, 1.165) is 31.0 Å². The van der Waals surface area contributed by atoms with Crippen molar-refractivity contribution in [3.63, 3.8) is 0 Å². The minimum atomic E-state index is 0.770. The summed E-state index contributed by atoms with van der Waals surface area (Å²) >= 11 is 0.